The molecule has 1 aliphatic carbocycles. The molecule has 0 spiro atoms. The van der Waals surface area contributed by atoms with Crippen molar-refractivity contribution in [2.45, 2.75) is 32.4 Å². The fourth-order valence-corrected chi connectivity index (χ4v) is 2.72. The van der Waals surface area contributed by atoms with Gasteiger partial charge in [0.2, 0.25) is 11.8 Å². The molecule has 1 aliphatic rings. The maximum atomic E-state index is 5.44. The van der Waals surface area contributed by atoms with Crippen molar-refractivity contribution >= 4 is 0 Å². The Balaban J connectivity index is 1.76. The van der Waals surface area contributed by atoms with Gasteiger partial charge in [0.05, 0.1) is 6.54 Å². The number of hydrogen-bond donors (Lipinski definition) is 0. The van der Waals surface area contributed by atoms with Gasteiger partial charge in [-0.2, -0.15) is 0 Å². The average molecular weight is 243 g/mol. The lowest BCUT2D eigenvalue weighted by molar-refractivity contribution is 0.212. The molecule has 0 saturated heterocycles. The lowest BCUT2D eigenvalue weighted by Crippen LogP contribution is -2.22. The molecule has 0 radical (unpaired) electrons. The molecule has 0 fully saturated rings. The van der Waals surface area contributed by atoms with E-state index in [1.54, 1.807) is 0 Å². The van der Waals surface area contributed by atoms with Crippen LogP contribution in [-0.4, -0.2) is 22.1 Å². The summed E-state index contributed by atoms with van der Waals surface area (Å²) in [5.41, 5.74) is 2.91. The van der Waals surface area contributed by atoms with Crippen LogP contribution in [0.1, 0.15) is 35.4 Å². The number of aromatic nitrogens is 2. The summed E-state index contributed by atoms with van der Waals surface area (Å²) in [7, 11) is 2.12. The van der Waals surface area contributed by atoms with Crippen LogP contribution in [0.15, 0.2) is 28.7 Å². The average Bonchev–Trinajstić information content (AvgIpc) is 2.95. The maximum Gasteiger partial charge on any atom is 0.230 e. The second kappa shape index (κ2) is 4.53. The van der Waals surface area contributed by atoms with E-state index in [0.717, 1.165) is 6.42 Å². The smallest absolute Gasteiger partial charge is 0.230 e. The van der Waals surface area contributed by atoms with Gasteiger partial charge in [-0.05, 0) is 31.0 Å². The number of rotatable bonds is 3. The van der Waals surface area contributed by atoms with Crippen LogP contribution in [0.3, 0.4) is 0 Å². The van der Waals surface area contributed by atoms with Crippen LogP contribution in [0.5, 0.6) is 0 Å². The number of hydrogen-bond acceptors (Lipinski definition) is 4. The van der Waals surface area contributed by atoms with Gasteiger partial charge in [0, 0.05) is 13.0 Å². The minimum absolute atomic E-state index is 0.466. The SMILES string of the molecule is Cc1nnc(CN(C)C2CCc3ccccc32)o1. The van der Waals surface area contributed by atoms with E-state index in [2.05, 4.69) is 46.4 Å². The fourth-order valence-electron chi connectivity index (χ4n) is 2.72. The summed E-state index contributed by atoms with van der Waals surface area (Å²) in [4.78, 5) is 2.29. The van der Waals surface area contributed by atoms with Gasteiger partial charge in [0.25, 0.3) is 0 Å². The maximum absolute atomic E-state index is 5.44. The molecule has 94 valence electrons. The van der Waals surface area contributed by atoms with E-state index in [9.17, 15) is 0 Å². The molecular formula is C14H17N3O. The quantitative estimate of drug-likeness (QED) is 0.830. The van der Waals surface area contributed by atoms with Crippen LogP contribution < -0.4 is 0 Å². The molecule has 2 aromatic rings. The lowest BCUT2D eigenvalue weighted by atomic mass is 10.1. The number of aryl methyl sites for hydroxylation is 2. The standard InChI is InChI=1S/C14H17N3O/c1-10-15-16-14(18-10)9-17(2)13-8-7-11-5-3-4-6-12(11)13/h3-6,13H,7-9H2,1-2H3. The zero-order valence-electron chi connectivity index (χ0n) is 10.8. The van der Waals surface area contributed by atoms with Crippen LogP contribution in [0.2, 0.25) is 0 Å². The molecule has 1 atom stereocenters. The molecule has 4 heteroatoms. The third kappa shape index (κ3) is 2.04. The highest BCUT2D eigenvalue weighted by Gasteiger charge is 2.26. The first-order chi connectivity index (χ1) is 8.74. The highest BCUT2D eigenvalue weighted by Crippen LogP contribution is 2.35. The largest absolute Gasteiger partial charge is 0.424 e. The summed E-state index contributed by atoms with van der Waals surface area (Å²) in [6.07, 6.45) is 2.33. The summed E-state index contributed by atoms with van der Waals surface area (Å²) in [6, 6.07) is 9.14. The molecule has 1 aromatic heterocycles. The van der Waals surface area contributed by atoms with Gasteiger partial charge < -0.3 is 4.42 Å². The molecule has 0 N–H and O–H groups in total. The van der Waals surface area contributed by atoms with Crippen LogP contribution in [0.25, 0.3) is 0 Å². The second-order valence-electron chi connectivity index (χ2n) is 4.88. The minimum atomic E-state index is 0.466. The van der Waals surface area contributed by atoms with E-state index in [1.807, 2.05) is 6.92 Å². The summed E-state index contributed by atoms with van der Waals surface area (Å²) < 4.78 is 5.44. The van der Waals surface area contributed by atoms with Crippen molar-refractivity contribution in [2.24, 2.45) is 0 Å². The third-order valence-corrected chi connectivity index (χ3v) is 3.59. The fraction of sp³-hybridized carbons (Fsp3) is 0.429. The first kappa shape index (κ1) is 11.4. The predicted molar refractivity (Wildman–Crippen MR) is 68.0 cm³/mol. The Morgan fingerprint density at radius 1 is 1.33 bits per heavy atom. The highest BCUT2D eigenvalue weighted by atomic mass is 16.4. The zero-order valence-corrected chi connectivity index (χ0v) is 10.8. The topological polar surface area (TPSA) is 42.2 Å². The zero-order chi connectivity index (χ0) is 12.5. The van der Waals surface area contributed by atoms with Gasteiger partial charge in [0.15, 0.2) is 0 Å². The van der Waals surface area contributed by atoms with Gasteiger partial charge in [-0.15, -0.1) is 10.2 Å². The third-order valence-electron chi connectivity index (χ3n) is 3.59. The molecular weight excluding hydrogens is 226 g/mol. The molecule has 1 aromatic carbocycles. The summed E-state index contributed by atoms with van der Waals surface area (Å²) in [5, 5.41) is 7.92. The van der Waals surface area contributed by atoms with Crippen LogP contribution in [0, 0.1) is 6.92 Å². The van der Waals surface area contributed by atoms with Gasteiger partial charge in [-0.25, -0.2) is 0 Å². The van der Waals surface area contributed by atoms with E-state index >= 15 is 0 Å². The predicted octanol–water partition coefficient (Wildman–Crippen LogP) is 2.50. The lowest BCUT2D eigenvalue weighted by Gasteiger charge is -2.23. The number of nitrogens with zero attached hydrogens (tertiary/aromatic N) is 3. The van der Waals surface area contributed by atoms with Crippen LogP contribution in [0.4, 0.5) is 0 Å². The second-order valence-corrected chi connectivity index (χ2v) is 4.88. The Morgan fingerprint density at radius 2 is 2.17 bits per heavy atom. The Labute approximate surface area is 107 Å². The molecule has 18 heavy (non-hydrogen) atoms. The monoisotopic (exact) mass is 243 g/mol. The molecule has 3 rings (SSSR count). The highest BCUT2D eigenvalue weighted by molar-refractivity contribution is 5.34. The molecule has 1 unspecified atom stereocenters. The molecule has 4 nitrogen and oxygen atoms in total. The van der Waals surface area contributed by atoms with Crippen molar-refractivity contribution in [3.05, 3.63) is 47.2 Å². The summed E-state index contributed by atoms with van der Waals surface area (Å²) in [6.45, 7) is 2.53. The molecule has 1 heterocycles. The normalized spacial score (nSPS) is 18.3. The van der Waals surface area contributed by atoms with Gasteiger partial charge in [-0.3, -0.25) is 4.90 Å². The van der Waals surface area contributed by atoms with E-state index in [4.69, 9.17) is 4.42 Å². The Hall–Kier alpha value is -1.68. The summed E-state index contributed by atoms with van der Waals surface area (Å²) in [5.74, 6) is 1.32. The Bertz CT molecular complexity index is 549. The van der Waals surface area contributed by atoms with E-state index < -0.39 is 0 Å². The van der Waals surface area contributed by atoms with Crippen molar-refractivity contribution in [2.75, 3.05) is 7.05 Å². The number of benzene rings is 1. The van der Waals surface area contributed by atoms with Gasteiger partial charge >= 0.3 is 0 Å². The first-order valence-corrected chi connectivity index (χ1v) is 6.31. The molecule has 0 aliphatic heterocycles. The van der Waals surface area contributed by atoms with Crippen molar-refractivity contribution in [1.29, 1.82) is 0 Å². The van der Waals surface area contributed by atoms with Crippen molar-refractivity contribution < 1.29 is 4.42 Å². The molecule has 0 bridgehead atoms. The summed E-state index contributed by atoms with van der Waals surface area (Å²) >= 11 is 0. The Morgan fingerprint density at radius 3 is 2.94 bits per heavy atom. The van der Waals surface area contributed by atoms with Crippen LogP contribution >= 0.6 is 0 Å². The molecule has 0 saturated carbocycles. The van der Waals surface area contributed by atoms with Gasteiger partial charge in [0.1, 0.15) is 0 Å². The number of fused-ring (bicyclic) bond motifs is 1. The minimum Gasteiger partial charge on any atom is -0.424 e. The van der Waals surface area contributed by atoms with Crippen molar-refractivity contribution in [3.63, 3.8) is 0 Å². The molecule has 0 amide bonds. The van der Waals surface area contributed by atoms with Gasteiger partial charge in [-0.1, -0.05) is 24.3 Å². The Kier molecular flexibility index (Phi) is 2.88. The van der Waals surface area contributed by atoms with E-state index in [0.29, 0.717) is 24.4 Å². The first-order valence-electron chi connectivity index (χ1n) is 6.31. The van der Waals surface area contributed by atoms with Crippen LogP contribution in [-0.2, 0) is 13.0 Å². The van der Waals surface area contributed by atoms with Crippen molar-refractivity contribution in [1.82, 2.24) is 15.1 Å². The van der Waals surface area contributed by atoms with Crippen molar-refractivity contribution in [3.8, 4) is 0 Å². The van der Waals surface area contributed by atoms with E-state index in [1.165, 1.54) is 17.5 Å². The van der Waals surface area contributed by atoms with E-state index in [-0.39, 0.29) is 0 Å².